The van der Waals surface area contributed by atoms with Gasteiger partial charge in [0.1, 0.15) is 17.2 Å². The largest absolute Gasteiger partial charge is 0.384 e. The highest BCUT2D eigenvalue weighted by Gasteiger charge is 2.30. The van der Waals surface area contributed by atoms with Crippen LogP contribution in [0, 0.1) is 0 Å². The number of H-pyrrole nitrogens is 1. The zero-order valence-electron chi connectivity index (χ0n) is 18.2. The maximum absolute atomic E-state index is 13.4. The van der Waals surface area contributed by atoms with Crippen molar-refractivity contribution in [1.82, 2.24) is 24.0 Å². The van der Waals surface area contributed by atoms with Crippen molar-refractivity contribution in [2.75, 3.05) is 18.8 Å². The average molecular weight is 437 g/mol. The topological polar surface area (TPSA) is 119 Å². The molecule has 0 bridgehead atoms. The predicted molar refractivity (Wildman–Crippen MR) is 122 cm³/mol. The molecule has 0 spiro atoms. The summed E-state index contributed by atoms with van der Waals surface area (Å²) in [6.07, 6.45) is 6.35. The average Bonchev–Trinajstić information content (AvgIpc) is 3.33. The van der Waals surface area contributed by atoms with Gasteiger partial charge in [-0.25, -0.2) is 9.78 Å². The number of benzene rings is 1. The van der Waals surface area contributed by atoms with E-state index in [0.717, 1.165) is 41.8 Å². The van der Waals surface area contributed by atoms with Gasteiger partial charge in [0.2, 0.25) is 0 Å². The lowest BCUT2D eigenvalue weighted by Gasteiger charge is -2.34. The van der Waals surface area contributed by atoms with Crippen LogP contribution in [0.5, 0.6) is 0 Å². The zero-order chi connectivity index (χ0) is 22.7. The van der Waals surface area contributed by atoms with E-state index in [9.17, 15) is 14.4 Å². The van der Waals surface area contributed by atoms with Crippen molar-refractivity contribution in [3.8, 4) is 0 Å². The molecule has 9 nitrogen and oxygen atoms in total. The standard InChI is InChI=1S/C23H28N6O3/c1-2-28-22(31)19(20(24)29(23(28)32)14-16-8-4-3-5-9-16)18(30)15-27-13-7-6-10-17(27)21-25-11-12-26-21/h3-5,8-9,11-12,17H,2,6-7,10,13-15,24H2,1H3,(H,25,26). The first-order valence-corrected chi connectivity index (χ1v) is 10.9. The Morgan fingerprint density at radius 2 is 1.97 bits per heavy atom. The van der Waals surface area contributed by atoms with E-state index < -0.39 is 11.2 Å². The molecule has 9 heteroatoms. The molecule has 0 amide bonds. The number of nitrogen functional groups attached to an aromatic ring is 1. The van der Waals surface area contributed by atoms with Crippen LogP contribution in [0.3, 0.4) is 0 Å². The Hall–Kier alpha value is -3.46. The number of likely N-dealkylation sites (tertiary alicyclic amines) is 1. The van der Waals surface area contributed by atoms with Gasteiger partial charge in [-0.05, 0) is 31.9 Å². The number of aromatic amines is 1. The third-order valence-electron chi connectivity index (χ3n) is 6.04. The van der Waals surface area contributed by atoms with Gasteiger partial charge in [0.15, 0.2) is 5.78 Å². The Labute approximate surface area is 185 Å². The molecule has 0 saturated carbocycles. The molecule has 1 aromatic carbocycles. The molecule has 0 radical (unpaired) electrons. The van der Waals surface area contributed by atoms with Crippen molar-refractivity contribution in [2.45, 2.75) is 45.3 Å². The summed E-state index contributed by atoms with van der Waals surface area (Å²) in [4.78, 5) is 48.9. The van der Waals surface area contributed by atoms with E-state index in [1.54, 1.807) is 19.3 Å². The summed E-state index contributed by atoms with van der Waals surface area (Å²) in [6.45, 7) is 2.81. The van der Waals surface area contributed by atoms with Gasteiger partial charge in [-0.2, -0.15) is 0 Å². The number of imidazole rings is 1. The Balaban J connectivity index is 1.70. The number of nitrogens with zero attached hydrogens (tertiary/aromatic N) is 4. The smallest absolute Gasteiger partial charge is 0.332 e. The van der Waals surface area contributed by atoms with Crippen molar-refractivity contribution in [3.63, 3.8) is 0 Å². The number of aromatic nitrogens is 4. The summed E-state index contributed by atoms with van der Waals surface area (Å²) in [5.41, 5.74) is 5.88. The molecule has 1 aliphatic rings. The Kier molecular flexibility index (Phi) is 6.36. The number of hydrogen-bond donors (Lipinski definition) is 2. The van der Waals surface area contributed by atoms with Gasteiger partial charge in [0, 0.05) is 18.9 Å². The van der Waals surface area contributed by atoms with Crippen LogP contribution in [0.25, 0.3) is 0 Å². The first kappa shape index (κ1) is 21.8. The monoisotopic (exact) mass is 436 g/mol. The van der Waals surface area contributed by atoms with Crippen LogP contribution in [-0.4, -0.2) is 42.9 Å². The highest BCUT2D eigenvalue weighted by Crippen LogP contribution is 2.28. The van der Waals surface area contributed by atoms with Crippen LogP contribution < -0.4 is 17.0 Å². The van der Waals surface area contributed by atoms with Crippen molar-refractivity contribution < 1.29 is 4.79 Å². The summed E-state index contributed by atoms with van der Waals surface area (Å²) in [6, 6.07) is 9.33. The lowest BCUT2D eigenvalue weighted by Crippen LogP contribution is -2.46. The fourth-order valence-electron chi connectivity index (χ4n) is 4.39. The number of ketones is 1. The van der Waals surface area contributed by atoms with Crippen molar-refractivity contribution >= 4 is 11.6 Å². The van der Waals surface area contributed by atoms with Gasteiger partial charge in [-0.3, -0.25) is 23.6 Å². The summed E-state index contributed by atoms with van der Waals surface area (Å²) < 4.78 is 2.39. The van der Waals surface area contributed by atoms with E-state index in [-0.39, 0.29) is 42.8 Å². The van der Waals surface area contributed by atoms with Gasteiger partial charge in [-0.1, -0.05) is 36.8 Å². The molecule has 2 aromatic heterocycles. The maximum Gasteiger partial charge on any atom is 0.332 e. The third-order valence-corrected chi connectivity index (χ3v) is 6.04. The molecule has 1 aliphatic heterocycles. The molecule has 3 heterocycles. The van der Waals surface area contributed by atoms with Crippen LogP contribution in [-0.2, 0) is 13.1 Å². The number of nitrogens with one attached hydrogen (secondary N) is 1. The van der Waals surface area contributed by atoms with Crippen LogP contribution >= 0.6 is 0 Å². The molecule has 3 N–H and O–H groups in total. The molecular formula is C23H28N6O3. The molecule has 4 rings (SSSR count). The van der Waals surface area contributed by atoms with Crippen LogP contribution in [0.15, 0.2) is 52.3 Å². The number of piperidine rings is 1. The quantitative estimate of drug-likeness (QED) is 0.545. The second-order valence-corrected chi connectivity index (χ2v) is 8.04. The van der Waals surface area contributed by atoms with Gasteiger partial charge >= 0.3 is 5.69 Å². The molecule has 1 atom stereocenters. The van der Waals surface area contributed by atoms with Crippen LogP contribution in [0.2, 0.25) is 0 Å². The van der Waals surface area contributed by atoms with Gasteiger partial charge in [0.25, 0.3) is 5.56 Å². The van der Waals surface area contributed by atoms with Crippen molar-refractivity contribution in [2.24, 2.45) is 0 Å². The van der Waals surface area contributed by atoms with Gasteiger partial charge in [0.05, 0.1) is 19.1 Å². The van der Waals surface area contributed by atoms with Gasteiger partial charge in [-0.15, -0.1) is 0 Å². The number of anilines is 1. The Bertz CT molecular complexity index is 1200. The molecule has 1 fully saturated rings. The number of carbonyl (C=O) groups excluding carboxylic acids is 1. The molecular weight excluding hydrogens is 408 g/mol. The first-order valence-electron chi connectivity index (χ1n) is 10.9. The molecule has 3 aromatic rings. The van der Waals surface area contributed by atoms with Gasteiger partial charge < -0.3 is 10.7 Å². The Morgan fingerprint density at radius 3 is 2.66 bits per heavy atom. The molecule has 32 heavy (non-hydrogen) atoms. The van der Waals surface area contributed by atoms with E-state index in [0.29, 0.717) is 0 Å². The minimum absolute atomic E-state index is 0.0208. The fraction of sp³-hybridized carbons (Fsp3) is 0.391. The lowest BCUT2D eigenvalue weighted by molar-refractivity contribution is 0.0832. The second-order valence-electron chi connectivity index (χ2n) is 8.04. The summed E-state index contributed by atoms with van der Waals surface area (Å²) in [5.74, 6) is 0.352. The maximum atomic E-state index is 13.4. The minimum Gasteiger partial charge on any atom is -0.384 e. The highest BCUT2D eigenvalue weighted by molar-refractivity contribution is 6.01. The first-order chi connectivity index (χ1) is 15.5. The summed E-state index contributed by atoms with van der Waals surface area (Å²) in [7, 11) is 0. The molecule has 1 unspecified atom stereocenters. The normalized spacial score (nSPS) is 16.8. The predicted octanol–water partition coefficient (Wildman–Crippen LogP) is 1.79. The number of carbonyl (C=O) groups is 1. The fourth-order valence-corrected chi connectivity index (χ4v) is 4.39. The highest BCUT2D eigenvalue weighted by atomic mass is 16.2. The SMILES string of the molecule is CCn1c(=O)c(C(=O)CN2CCCCC2c2ncc[nH]2)c(N)n(Cc2ccccc2)c1=O. The minimum atomic E-state index is -0.629. The summed E-state index contributed by atoms with van der Waals surface area (Å²) in [5, 5.41) is 0. The van der Waals surface area contributed by atoms with Crippen molar-refractivity contribution in [1.29, 1.82) is 0 Å². The van der Waals surface area contributed by atoms with Crippen LogP contribution in [0.4, 0.5) is 5.82 Å². The van der Waals surface area contributed by atoms with E-state index in [4.69, 9.17) is 5.73 Å². The van der Waals surface area contributed by atoms with Crippen molar-refractivity contribution in [3.05, 3.63) is 80.5 Å². The third kappa shape index (κ3) is 4.16. The number of Topliss-reactive ketones (excluding diaryl/α,β-unsaturated/α-hetero) is 1. The molecule has 0 aliphatic carbocycles. The van der Waals surface area contributed by atoms with E-state index in [1.807, 2.05) is 35.2 Å². The number of nitrogens with two attached hydrogens (primary N) is 1. The summed E-state index contributed by atoms with van der Waals surface area (Å²) >= 11 is 0. The van der Waals surface area contributed by atoms with E-state index in [2.05, 4.69) is 9.97 Å². The molecule has 168 valence electrons. The number of hydrogen-bond acceptors (Lipinski definition) is 6. The number of rotatable bonds is 7. The second kappa shape index (κ2) is 9.35. The zero-order valence-corrected chi connectivity index (χ0v) is 18.2. The molecule has 1 saturated heterocycles. The van der Waals surface area contributed by atoms with Crippen LogP contribution in [0.1, 0.15) is 54.0 Å². The lowest BCUT2D eigenvalue weighted by atomic mass is 10.0. The van der Waals surface area contributed by atoms with E-state index in [1.165, 1.54) is 4.57 Å². The van der Waals surface area contributed by atoms with E-state index >= 15 is 0 Å². The Morgan fingerprint density at radius 1 is 1.19 bits per heavy atom.